The fraction of sp³-hybridized carbons (Fsp3) is 0.462. The van der Waals surface area contributed by atoms with Crippen LogP contribution in [0, 0.1) is 5.41 Å². The van der Waals surface area contributed by atoms with Crippen LogP contribution in [-0.4, -0.2) is 60.5 Å². The fourth-order valence-corrected chi connectivity index (χ4v) is 5.89. The van der Waals surface area contributed by atoms with E-state index in [1.807, 2.05) is 37.3 Å². The minimum atomic E-state index is -3.50. The van der Waals surface area contributed by atoms with Gasteiger partial charge in [-0.25, -0.2) is 12.7 Å². The molecule has 4 unspecified atom stereocenters. The molecule has 1 saturated heterocycles. The summed E-state index contributed by atoms with van der Waals surface area (Å²) in [4.78, 5) is 27.7. The van der Waals surface area contributed by atoms with Crippen molar-refractivity contribution in [1.29, 1.82) is 0 Å². The van der Waals surface area contributed by atoms with Crippen LogP contribution in [0.1, 0.15) is 56.2 Å². The highest BCUT2D eigenvalue weighted by Gasteiger charge is 2.52. The molecule has 0 radical (unpaired) electrons. The molecule has 1 aliphatic rings. The summed E-state index contributed by atoms with van der Waals surface area (Å²) < 4.78 is 25.7. The van der Waals surface area contributed by atoms with Crippen molar-refractivity contribution in [3.8, 4) is 0 Å². The third-order valence-electron chi connectivity index (χ3n) is 7.03. The van der Waals surface area contributed by atoms with Crippen LogP contribution < -0.4 is 0 Å². The Morgan fingerprint density at radius 2 is 1.81 bits per heavy atom. The van der Waals surface area contributed by atoms with Gasteiger partial charge in [-0.2, -0.15) is 0 Å². The molecule has 0 bridgehead atoms. The molecular formula is C26H32Cl2N2O5S. The Morgan fingerprint density at radius 1 is 1.17 bits per heavy atom. The number of benzene rings is 2. The number of amides is 1. The molecule has 0 aromatic heterocycles. The molecule has 36 heavy (non-hydrogen) atoms. The third kappa shape index (κ3) is 6.22. The number of halogens is 2. The Labute approximate surface area is 223 Å². The third-order valence-corrected chi connectivity index (χ3v) is 8.80. The van der Waals surface area contributed by atoms with Gasteiger partial charge in [0.2, 0.25) is 15.9 Å². The van der Waals surface area contributed by atoms with Gasteiger partial charge in [-0.15, -0.1) is 0 Å². The number of aliphatic carboxylic acids is 1. The molecule has 1 N–H and O–H groups in total. The number of likely N-dealkylation sites (tertiary alicyclic amines) is 1. The highest BCUT2D eigenvalue weighted by atomic mass is 35.5. The van der Waals surface area contributed by atoms with Crippen LogP contribution >= 0.6 is 23.2 Å². The zero-order valence-corrected chi connectivity index (χ0v) is 23.1. The number of rotatable bonds is 9. The average Bonchev–Trinajstić information content (AvgIpc) is 2.78. The van der Waals surface area contributed by atoms with Crippen molar-refractivity contribution in [3.05, 3.63) is 69.7 Å². The van der Waals surface area contributed by atoms with Crippen molar-refractivity contribution >= 4 is 45.1 Å². The van der Waals surface area contributed by atoms with E-state index in [9.17, 15) is 23.1 Å². The zero-order chi connectivity index (χ0) is 26.8. The first-order valence-corrected chi connectivity index (χ1v) is 14.3. The maximum Gasteiger partial charge on any atom is 0.304 e. The van der Waals surface area contributed by atoms with E-state index >= 15 is 0 Å². The van der Waals surface area contributed by atoms with E-state index in [4.69, 9.17) is 23.2 Å². The molecule has 0 spiro atoms. The van der Waals surface area contributed by atoms with E-state index in [1.54, 1.807) is 30.0 Å². The molecule has 2 aromatic carbocycles. The number of likely N-dealkylation sites (N-methyl/N-ethyl adjacent to an activating group) is 1. The summed E-state index contributed by atoms with van der Waals surface area (Å²) in [6, 6.07) is 13.6. The van der Waals surface area contributed by atoms with Crippen LogP contribution in [0.25, 0.3) is 0 Å². The monoisotopic (exact) mass is 554 g/mol. The first-order chi connectivity index (χ1) is 16.8. The maximum absolute atomic E-state index is 14.2. The summed E-state index contributed by atoms with van der Waals surface area (Å²) in [7, 11) is -2.02. The van der Waals surface area contributed by atoms with E-state index in [0.717, 1.165) is 17.4 Å². The van der Waals surface area contributed by atoms with Crippen LogP contribution in [-0.2, 0) is 19.6 Å². The van der Waals surface area contributed by atoms with Crippen molar-refractivity contribution in [2.24, 2.45) is 5.41 Å². The Balaban J connectivity index is 2.24. The molecule has 7 nitrogen and oxygen atoms in total. The van der Waals surface area contributed by atoms with E-state index in [-0.39, 0.29) is 24.8 Å². The Kier molecular flexibility index (Phi) is 8.76. The lowest BCUT2D eigenvalue weighted by atomic mass is 9.67. The molecular weight excluding hydrogens is 523 g/mol. The quantitative estimate of drug-likeness (QED) is 0.459. The number of carboxylic acid groups (broad SMARTS) is 1. The summed E-state index contributed by atoms with van der Waals surface area (Å²) >= 11 is 12.5. The second-order valence-corrected chi connectivity index (χ2v) is 12.8. The van der Waals surface area contributed by atoms with Gasteiger partial charge in [0, 0.05) is 35.6 Å². The lowest BCUT2D eigenvalue weighted by molar-refractivity contribution is -0.160. The van der Waals surface area contributed by atoms with Crippen molar-refractivity contribution in [2.75, 3.05) is 19.8 Å². The first-order valence-electron chi connectivity index (χ1n) is 11.7. The van der Waals surface area contributed by atoms with E-state index in [1.165, 1.54) is 11.4 Å². The number of hydrogen-bond donors (Lipinski definition) is 1. The van der Waals surface area contributed by atoms with Gasteiger partial charge in [-0.1, -0.05) is 61.3 Å². The average molecular weight is 556 g/mol. The Bertz CT molecular complexity index is 1220. The molecule has 0 saturated carbocycles. The summed E-state index contributed by atoms with van der Waals surface area (Å²) in [5.41, 5.74) is 0.511. The molecule has 1 aliphatic heterocycles. The molecule has 2 aromatic rings. The predicted molar refractivity (Wildman–Crippen MR) is 142 cm³/mol. The Hall–Kier alpha value is -2.13. The van der Waals surface area contributed by atoms with Crippen molar-refractivity contribution < 1.29 is 23.1 Å². The first kappa shape index (κ1) is 28.4. The fourth-order valence-electron chi connectivity index (χ4n) is 5.13. The van der Waals surface area contributed by atoms with Crippen LogP contribution in [0.2, 0.25) is 10.0 Å². The number of sulfonamides is 1. The lowest BCUT2D eigenvalue weighted by Crippen LogP contribution is -2.58. The minimum Gasteiger partial charge on any atom is -0.481 e. The number of carbonyl (C=O) groups excluding carboxylic acids is 1. The largest absolute Gasteiger partial charge is 0.481 e. The molecule has 10 heteroatoms. The van der Waals surface area contributed by atoms with Gasteiger partial charge >= 0.3 is 5.97 Å². The van der Waals surface area contributed by atoms with Gasteiger partial charge in [-0.3, -0.25) is 9.59 Å². The smallest absolute Gasteiger partial charge is 0.304 e. The number of hydrogen-bond acceptors (Lipinski definition) is 4. The lowest BCUT2D eigenvalue weighted by Gasteiger charge is -2.52. The molecule has 0 aliphatic carbocycles. The van der Waals surface area contributed by atoms with Gasteiger partial charge in [0.25, 0.3) is 0 Å². The predicted octanol–water partition coefficient (Wildman–Crippen LogP) is 5.20. The van der Waals surface area contributed by atoms with Crippen LogP contribution in [0.5, 0.6) is 0 Å². The number of carbonyl (C=O) groups is 2. The van der Waals surface area contributed by atoms with Gasteiger partial charge in [0.15, 0.2) is 0 Å². The zero-order valence-electron chi connectivity index (χ0n) is 20.8. The van der Waals surface area contributed by atoms with Crippen LogP contribution in [0.4, 0.5) is 0 Å². The Morgan fingerprint density at radius 3 is 2.33 bits per heavy atom. The minimum absolute atomic E-state index is 0.0799. The van der Waals surface area contributed by atoms with Crippen molar-refractivity contribution in [2.45, 2.75) is 51.1 Å². The van der Waals surface area contributed by atoms with Gasteiger partial charge in [0.1, 0.15) is 0 Å². The van der Waals surface area contributed by atoms with E-state index < -0.39 is 33.5 Å². The molecule has 196 valence electrons. The summed E-state index contributed by atoms with van der Waals surface area (Å²) in [5, 5.41) is 10.8. The topological polar surface area (TPSA) is 95.0 Å². The van der Waals surface area contributed by atoms with Crippen LogP contribution in [0.15, 0.2) is 48.5 Å². The van der Waals surface area contributed by atoms with Crippen molar-refractivity contribution in [1.82, 2.24) is 9.21 Å². The second kappa shape index (κ2) is 11.1. The van der Waals surface area contributed by atoms with E-state index in [2.05, 4.69) is 0 Å². The molecule has 1 fully saturated rings. The van der Waals surface area contributed by atoms with Gasteiger partial charge in [-0.05, 0) is 48.2 Å². The highest BCUT2D eigenvalue weighted by Crippen LogP contribution is 2.52. The second-order valence-electron chi connectivity index (χ2n) is 9.81. The number of piperidine rings is 1. The molecule has 1 amide bonds. The van der Waals surface area contributed by atoms with Crippen molar-refractivity contribution in [3.63, 3.8) is 0 Å². The summed E-state index contributed by atoms with van der Waals surface area (Å²) in [6.45, 7) is 3.65. The SMILES string of the molecule is CCC(CN(C)S(C)(=O)=O)N1C(=O)C(C)(CC(=O)O)CC(c2cccc(Cl)c2)C1c1ccc(Cl)cc1. The normalized spacial score (nSPS) is 23.6. The summed E-state index contributed by atoms with van der Waals surface area (Å²) in [6.07, 6.45) is 1.55. The standard InChI is InChI=1S/C26H32Cl2N2O5S/c1-5-21(16-29(3)36(4,34)35)30-24(17-9-11-19(27)12-10-17)22(18-7-6-8-20(28)13-18)14-26(2,25(30)33)15-23(31)32/h6-13,21-22,24H,5,14-16H2,1-4H3,(H,31,32). The van der Waals surface area contributed by atoms with E-state index in [0.29, 0.717) is 22.9 Å². The number of nitrogens with zero attached hydrogens (tertiary/aromatic N) is 2. The molecule has 1 heterocycles. The number of carboxylic acids is 1. The maximum atomic E-state index is 14.2. The molecule has 3 rings (SSSR count). The van der Waals surface area contributed by atoms with Gasteiger partial charge < -0.3 is 10.0 Å². The highest BCUT2D eigenvalue weighted by molar-refractivity contribution is 7.88. The summed E-state index contributed by atoms with van der Waals surface area (Å²) in [5.74, 6) is -1.66. The molecule has 4 atom stereocenters. The van der Waals surface area contributed by atoms with Crippen LogP contribution in [0.3, 0.4) is 0 Å². The van der Waals surface area contributed by atoms with Gasteiger partial charge in [0.05, 0.1) is 24.1 Å².